The van der Waals surface area contributed by atoms with Gasteiger partial charge in [-0.25, -0.2) is 0 Å². The first-order valence-electron chi connectivity index (χ1n) is 6.43. The molecule has 1 fully saturated rings. The highest BCUT2D eigenvalue weighted by Crippen LogP contribution is 2.20. The van der Waals surface area contributed by atoms with Crippen LogP contribution in [0.25, 0.3) is 0 Å². The van der Waals surface area contributed by atoms with E-state index in [-0.39, 0.29) is 0 Å². The van der Waals surface area contributed by atoms with E-state index in [1.807, 2.05) is 0 Å². The molecule has 2 heteroatoms. The van der Waals surface area contributed by atoms with Gasteiger partial charge in [-0.3, -0.25) is 4.90 Å². The fourth-order valence-corrected chi connectivity index (χ4v) is 2.48. The van der Waals surface area contributed by atoms with Crippen LogP contribution < -0.4 is 0 Å². The number of piperazine rings is 1. The average Bonchev–Trinajstić information content (AvgIpc) is 2.15. The van der Waals surface area contributed by atoms with Crippen LogP contribution in [0.1, 0.15) is 34.1 Å². The lowest BCUT2D eigenvalue weighted by atomic mass is 9.92. The van der Waals surface area contributed by atoms with Crippen molar-refractivity contribution in [1.29, 1.82) is 0 Å². The maximum atomic E-state index is 2.70. The Kier molecular flexibility index (Phi) is 5.07. The van der Waals surface area contributed by atoms with Gasteiger partial charge < -0.3 is 4.90 Å². The molecule has 0 N–H and O–H groups in total. The molecule has 0 amide bonds. The smallest absolute Gasteiger partial charge is 0.0122 e. The molecule has 0 aromatic heterocycles. The van der Waals surface area contributed by atoms with E-state index in [1.165, 1.54) is 32.6 Å². The van der Waals surface area contributed by atoms with Gasteiger partial charge in [-0.2, -0.15) is 0 Å². The molecule has 0 aliphatic carbocycles. The molecule has 1 atom stereocenters. The molecule has 1 heterocycles. The van der Waals surface area contributed by atoms with Gasteiger partial charge in [-0.05, 0) is 25.3 Å². The molecular weight excluding hydrogens is 184 g/mol. The van der Waals surface area contributed by atoms with Crippen molar-refractivity contribution in [1.82, 2.24) is 9.80 Å². The van der Waals surface area contributed by atoms with E-state index in [4.69, 9.17) is 0 Å². The monoisotopic (exact) mass is 212 g/mol. The van der Waals surface area contributed by atoms with E-state index in [2.05, 4.69) is 44.5 Å². The number of nitrogens with zero attached hydrogens (tertiary/aromatic N) is 2. The summed E-state index contributed by atoms with van der Waals surface area (Å²) in [5.74, 6) is 1.60. The van der Waals surface area contributed by atoms with Crippen LogP contribution in [0.4, 0.5) is 0 Å². The number of rotatable bonds is 4. The summed E-state index contributed by atoms with van der Waals surface area (Å²) in [5.41, 5.74) is 0. The average molecular weight is 212 g/mol. The van der Waals surface area contributed by atoms with Gasteiger partial charge in [0.25, 0.3) is 0 Å². The van der Waals surface area contributed by atoms with Crippen LogP contribution in [-0.4, -0.2) is 49.1 Å². The van der Waals surface area contributed by atoms with Crippen LogP contribution in [0, 0.1) is 11.8 Å². The fraction of sp³-hybridized carbons (Fsp3) is 1.00. The predicted molar refractivity (Wildman–Crippen MR) is 67.2 cm³/mol. The van der Waals surface area contributed by atoms with Gasteiger partial charge in [0.15, 0.2) is 0 Å². The van der Waals surface area contributed by atoms with Gasteiger partial charge in [0, 0.05) is 32.2 Å². The van der Waals surface area contributed by atoms with Crippen molar-refractivity contribution < 1.29 is 0 Å². The third kappa shape index (κ3) is 4.12. The summed E-state index contributed by atoms with van der Waals surface area (Å²) in [5, 5.41) is 0. The summed E-state index contributed by atoms with van der Waals surface area (Å²) in [6.45, 7) is 14.4. The summed E-state index contributed by atoms with van der Waals surface area (Å²) in [7, 11) is 2.23. The Labute approximate surface area is 95.6 Å². The summed E-state index contributed by atoms with van der Waals surface area (Å²) in [6.07, 6.45) is 1.35. The molecule has 1 saturated heterocycles. The van der Waals surface area contributed by atoms with Crippen molar-refractivity contribution in [2.45, 2.75) is 40.2 Å². The molecule has 1 aliphatic heterocycles. The maximum absolute atomic E-state index is 2.70. The first kappa shape index (κ1) is 13.0. The summed E-state index contributed by atoms with van der Waals surface area (Å²) < 4.78 is 0. The number of hydrogen-bond donors (Lipinski definition) is 0. The molecular formula is C13H28N2. The van der Waals surface area contributed by atoms with Gasteiger partial charge in [-0.15, -0.1) is 0 Å². The van der Waals surface area contributed by atoms with Crippen LogP contribution >= 0.6 is 0 Å². The van der Waals surface area contributed by atoms with Crippen LogP contribution in [0.2, 0.25) is 0 Å². The molecule has 0 saturated carbocycles. The molecule has 1 unspecified atom stereocenters. The van der Waals surface area contributed by atoms with E-state index in [0.29, 0.717) is 0 Å². The molecule has 90 valence electrons. The van der Waals surface area contributed by atoms with E-state index < -0.39 is 0 Å². The quantitative estimate of drug-likeness (QED) is 0.705. The molecule has 2 nitrogen and oxygen atoms in total. The molecule has 0 spiro atoms. The van der Waals surface area contributed by atoms with Crippen LogP contribution in [0.5, 0.6) is 0 Å². The zero-order chi connectivity index (χ0) is 11.4. The zero-order valence-corrected chi connectivity index (χ0v) is 11.2. The van der Waals surface area contributed by atoms with Gasteiger partial charge in [0.1, 0.15) is 0 Å². The standard InChI is InChI=1S/C13H28N2/c1-11(2)10-13(12(3)4)15-8-6-14(5)7-9-15/h11-13H,6-10H2,1-5H3. The Morgan fingerprint density at radius 3 is 1.87 bits per heavy atom. The zero-order valence-electron chi connectivity index (χ0n) is 11.2. The van der Waals surface area contributed by atoms with Crippen molar-refractivity contribution in [2.24, 2.45) is 11.8 Å². The Morgan fingerprint density at radius 2 is 1.47 bits per heavy atom. The van der Waals surface area contributed by atoms with Crippen molar-refractivity contribution in [3.05, 3.63) is 0 Å². The molecule has 15 heavy (non-hydrogen) atoms. The summed E-state index contributed by atoms with van der Waals surface area (Å²) in [6, 6.07) is 0.790. The van der Waals surface area contributed by atoms with Crippen LogP contribution in [-0.2, 0) is 0 Å². The van der Waals surface area contributed by atoms with E-state index >= 15 is 0 Å². The second-order valence-corrected chi connectivity index (χ2v) is 5.78. The van der Waals surface area contributed by atoms with Crippen molar-refractivity contribution in [3.8, 4) is 0 Å². The minimum atomic E-state index is 0.788. The molecule has 1 aliphatic rings. The van der Waals surface area contributed by atoms with Gasteiger partial charge >= 0.3 is 0 Å². The van der Waals surface area contributed by atoms with E-state index in [0.717, 1.165) is 17.9 Å². The SMILES string of the molecule is CC(C)CC(C(C)C)N1CCN(C)CC1. The summed E-state index contributed by atoms with van der Waals surface area (Å²) >= 11 is 0. The van der Waals surface area contributed by atoms with Crippen molar-refractivity contribution in [3.63, 3.8) is 0 Å². The largest absolute Gasteiger partial charge is 0.304 e. The van der Waals surface area contributed by atoms with Crippen molar-refractivity contribution in [2.75, 3.05) is 33.2 Å². The Balaban J connectivity index is 2.48. The second kappa shape index (κ2) is 5.86. The highest BCUT2D eigenvalue weighted by molar-refractivity contribution is 4.80. The number of hydrogen-bond acceptors (Lipinski definition) is 2. The Morgan fingerprint density at radius 1 is 0.933 bits per heavy atom. The third-order valence-corrected chi connectivity index (χ3v) is 3.49. The molecule has 0 bridgehead atoms. The predicted octanol–water partition coefficient (Wildman–Crippen LogP) is 2.30. The van der Waals surface area contributed by atoms with Gasteiger partial charge in [0.2, 0.25) is 0 Å². The van der Waals surface area contributed by atoms with E-state index in [9.17, 15) is 0 Å². The number of likely N-dealkylation sites (N-methyl/N-ethyl adjacent to an activating group) is 1. The molecule has 0 aromatic carbocycles. The molecule has 0 aromatic rings. The third-order valence-electron chi connectivity index (χ3n) is 3.49. The maximum Gasteiger partial charge on any atom is 0.0122 e. The normalized spacial score (nSPS) is 22.6. The lowest BCUT2D eigenvalue weighted by molar-refractivity contribution is 0.0767. The van der Waals surface area contributed by atoms with Gasteiger partial charge in [-0.1, -0.05) is 27.7 Å². The Hall–Kier alpha value is -0.0800. The first-order chi connectivity index (χ1) is 7.00. The molecule has 0 radical (unpaired) electrons. The topological polar surface area (TPSA) is 6.48 Å². The van der Waals surface area contributed by atoms with Crippen LogP contribution in [0.15, 0.2) is 0 Å². The summed E-state index contributed by atoms with van der Waals surface area (Å²) in [4.78, 5) is 5.13. The highest BCUT2D eigenvalue weighted by atomic mass is 15.3. The van der Waals surface area contributed by atoms with Crippen LogP contribution in [0.3, 0.4) is 0 Å². The Bertz CT molecular complexity index is 169. The minimum Gasteiger partial charge on any atom is -0.304 e. The molecule has 1 rings (SSSR count). The minimum absolute atomic E-state index is 0.788. The highest BCUT2D eigenvalue weighted by Gasteiger charge is 2.25. The second-order valence-electron chi connectivity index (χ2n) is 5.78. The van der Waals surface area contributed by atoms with Crippen molar-refractivity contribution >= 4 is 0 Å². The lowest BCUT2D eigenvalue weighted by Gasteiger charge is -2.40. The lowest BCUT2D eigenvalue weighted by Crippen LogP contribution is -2.50. The van der Waals surface area contributed by atoms with Gasteiger partial charge in [0.05, 0.1) is 0 Å². The first-order valence-corrected chi connectivity index (χ1v) is 6.43. The van der Waals surface area contributed by atoms with E-state index in [1.54, 1.807) is 0 Å². The fourth-order valence-electron chi connectivity index (χ4n) is 2.48.